The standard InChI is InChI=1S/C20H35N5/c1-17(2)8-14-24-15-9-18(10-16-24)22-20-21-11-7-19(23-20)25-12-5-3-4-6-13-25/h7,11,17-18H,3-6,8-10,12-16H2,1-2H3,(H,21,22,23). The highest BCUT2D eigenvalue weighted by Gasteiger charge is 2.20. The molecular formula is C20H35N5. The average molecular weight is 346 g/mol. The molecule has 0 radical (unpaired) electrons. The minimum absolute atomic E-state index is 0.509. The van der Waals surface area contributed by atoms with E-state index < -0.39 is 0 Å². The molecule has 0 spiro atoms. The Labute approximate surface area is 153 Å². The normalized spacial score (nSPS) is 20.7. The average Bonchev–Trinajstić information content (AvgIpc) is 2.91. The maximum Gasteiger partial charge on any atom is 0.224 e. The molecule has 0 atom stereocenters. The van der Waals surface area contributed by atoms with E-state index in [9.17, 15) is 0 Å². The third-order valence-corrected chi connectivity index (χ3v) is 5.51. The highest BCUT2D eigenvalue weighted by atomic mass is 15.2. The lowest BCUT2D eigenvalue weighted by Gasteiger charge is -2.32. The predicted molar refractivity (Wildman–Crippen MR) is 105 cm³/mol. The van der Waals surface area contributed by atoms with Gasteiger partial charge in [0.1, 0.15) is 5.82 Å². The van der Waals surface area contributed by atoms with Crippen LogP contribution in [0.15, 0.2) is 12.3 Å². The van der Waals surface area contributed by atoms with Crippen molar-refractivity contribution in [1.29, 1.82) is 0 Å². The van der Waals surface area contributed by atoms with E-state index in [1.165, 1.54) is 64.6 Å². The van der Waals surface area contributed by atoms with Crippen molar-refractivity contribution in [2.24, 2.45) is 5.92 Å². The summed E-state index contributed by atoms with van der Waals surface area (Å²) >= 11 is 0. The van der Waals surface area contributed by atoms with E-state index in [0.29, 0.717) is 6.04 Å². The van der Waals surface area contributed by atoms with Crippen molar-refractivity contribution in [3.63, 3.8) is 0 Å². The molecule has 2 aliphatic rings. The van der Waals surface area contributed by atoms with Crippen molar-refractivity contribution < 1.29 is 0 Å². The summed E-state index contributed by atoms with van der Waals surface area (Å²) in [5, 5.41) is 3.59. The van der Waals surface area contributed by atoms with Gasteiger partial charge in [0.05, 0.1) is 0 Å². The van der Waals surface area contributed by atoms with Gasteiger partial charge >= 0.3 is 0 Å². The van der Waals surface area contributed by atoms with Gasteiger partial charge in [0, 0.05) is 38.4 Å². The van der Waals surface area contributed by atoms with Crippen molar-refractivity contribution in [3.05, 3.63) is 12.3 Å². The van der Waals surface area contributed by atoms with Crippen LogP contribution in [0, 0.1) is 5.92 Å². The Bertz CT molecular complexity index is 503. The fourth-order valence-electron chi connectivity index (χ4n) is 3.82. The summed E-state index contributed by atoms with van der Waals surface area (Å²) < 4.78 is 0. The van der Waals surface area contributed by atoms with Crippen molar-refractivity contribution >= 4 is 11.8 Å². The zero-order valence-electron chi connectivity index (χ0n) is 16.1. The molecule has 2 saturated heterocycles. The summed E-state index contributed by atoms with van der Waals surface area (Å²) in [4.78, 5) is 14.3. The van der Waals surface area contributed by atoms with Crippen LogP contribution in [-0.4, -0.2) is 53.6 Å². The van der Waals surface area contributed by atoms with E-state index in [1.807, 2.05) is 6.20 Å². The number of hydrogen-bond acceptors (Lipinski definition) is 5. The van der Waals surface area contributed by atoms with Gasteiger partial charge in [0.15, 0.2) is 0 Å². The Balaban J connectivity index is 1.49. The minimum Gasteiger partial charge on any atom is -0.356 e. The molecule has 0 saturated carbocycles. The third kappa shape index (κ3) is 5.84. The van der Waals surface area contributed by atoms with Gasteiger partial charge < -0.3 is 15.1 Å². The van der Waals surface area contributed by atoms with Crippen LogP contribution in [-0.2, 0) is 0 Å². The van der Waals surface area contributed by atoms with Gasteiger partial charge in [-0.2, -0.15) is 4.98 Å². The van der Waals surface area contributed by atoms with E-state index in [1.54, 1.807) is 0 Å². The molecule has 0 aromatic carbocycles. The van der Waals surface area contributed by atoms with Crippen LogP contribution >= 0.6 is 0 Å². The molecule has 0 unspecified atom stereocenters. The van der Waals surface area contributed by atoms with Gasteiger partial charge in [-0.3, -0.25) is 0 Å². The SMILES string of the molecule is CC(C)CCN1CCC(Nc2nccc(N3CCCCCC3)n2)CC1. The molecule has 0 bridgehead atoms. The Hall–Kier alpha value is -1.36. The van der Waals surface area contributed by atoms with E-state index in [0.717, 1.165) is 30.8 Å². The van der Waals surface area contributed by atoms with Gasteiger partial charge in [-0.15, -0.1) is 0 Å². The summed E-state index contributed by atoms with van der Waals surface area (Å²) in [5.41, 5.74) is 0. The molecule has 5 heteroatoms. The van der Waals surface area contributed by atoms with E-state index in [2.05, 4.69) is 40.0 Å². The lowest BCUT2D eigenvalue weighted by Crippen LogP contribution is -2.40. The molecule has 0 aliphatic carbocycles. The maximum absolute atomic E-state index is 4.80. The lowest BCUT2D eigenvalue weighted by atomic mass is 10.0. The van der Waals surface area contributed by atoms with Crippen molar-refractivity contribution in [3.8, 4) is 0 Å². The van der Waals surface area contributed by atoms with Gasteiger partial charge in [0.2, 0.25) is 5.95 Å². The quantitative estimate of drug-likeness (QED) is 0.850. The van der Waals surface area contributed by atoms with E-state index in [4.69, 9.17) is 4.98 Å². The highest BCUT2D eigenvalue weighted by molar-refractivity contribution is 5.43. The van der Waals surface area contributed by atoms with Crippen LogP contribution in [0.25, 0.3) is 0 Å². The first-order chi connectivity index (χ1) is 12.2. The van der Waals surface area contributed by atoms with Gasteiger partial charge in [0.25, 0.3) is 0 Å². The van der Waals surface area contributed by atoms with Crippen molar-refractivity contribution in [2.45, 2.75) is 64.8 Å². The number of rotatable bonds is 6. The molecule has 1 aromatic rings. The molecule has 25 heavy (non-hydrogen) atoms. The molecule has 5 nitrogen and oxygen atoms in total. The molecule has 0 amide bonds. The van der Waals surface area contributed by atoms with Crippen molar-refractivity contribution in [1.82, 2.24) is 14.9 Å². The topological polar surface area (TPSA) is 44.3 Å². The maximum atomic E-state index is 4.80. The van der Waals surface area contributed by atoms with Gasteiger partial charge in [-0.25, -0.2) is 4.98 Å². The molecular weight excluding hydrogens is 310 g/mol. The first-order valence-corrected chi connectivity index (χ1v) is 10.3. The summed E-state index contributed by atoms with van der Waals surface area (Å²) in [6, 6.07) is 2.57. The van der Waals surface area contributed by atoms with Crippen LogP contribution < -0.4 is 10.2 Å². The number of nitrogens with one attached hydrogen (secondary N) is 1. The number of hydrogen-bond donors (Lipinski definition) is 1. The van der Waals surface area contributed by atoms with Crippen molar-refractivity contribution in [2.75, 3.05) is 42.9 Å². The summed E-state index contributed by atoms with van der Waals surface area (Å²) in [6.45, 7) is 10.5. The summed E-state index contributed by atoms with van der Waals surface area (Å²) in [6.07, 6.45) is 10.9. The second kappa shape index (κ2) is 9.37. The first kappa shape index (κ1) is 18.4. The van der Waals surface area contributed by atoms with E-state index >= 15 is 0 Å². The van der Waals surface area contributed by atoms with Gasteiger partial charge in [-0.1, -0.05) is 26.7 Å². The van der Waals surface area contributed by atoms with Crippen LogP contribution in [0.2, 0.25) is 0 Å². The molecule has 3 heterocycles. The Morgan fingerprint density at radius 3 is 2.48 bits per heavy atom. The smallest absolute Gasteiger partial charge is 0.224 e. The molecule has 2 aliphatic heterocycles. The zero-order chi connectivity index (χ0) is 17.5. The monoisotopic (exact) mass is 345 g/mol. The Morgan fingerprint density at radius 2 is 1.80 bits per heavy atom. The van der Waals surface area contributed by atoms with Crippen LogP contribution in [0.1, 0.15) is 58.8 Å². The summed E-state index contributed by atoms with van der Waals surface area (Å²) in [7, 11) is 0. The molecule has 140 valence electrons. The predicted octanol–water partition coefficient (Wildman–Crippen LogP) is 3.78. The van der Waals surface area contributed by atoms with Crippen LogP contribution in [0.5, 0.6) is 0 Å². The number of piperidine rings is 1. The molecule has 2 fully saturated rings. The zero-order valence-corrected chi connectivity index (χ0v) is 16.1. The fourth-order valence-corrected chi connectivity index (χ4v) is 3.82. The highest BCUT2D eigenvalue weighted by Crippen LogP contribution is 2.20. The molecule has 1 aromatic heterocycles. The lowest BCUT2D eigenvalue weighted by molar-refractivity contribution is 0.208. The first-order valence-electron chi connectivity index (χ1n) is 10.3. The summed E-state index contributed by atoms with van der Waals surface area (Å²) in [5.74, 6) is 2.70. The Morgan fingerprint density at radius 1 is 1.08 bits per heavy atom. The van der Waals surface area contributed by atoms with Gasteiger partial charge in [-0.05, 0) is 50.6 Å². The third-order valence-electron chi connectivity index (χ3n) is 5.51. The van der Waals surface area contributed by atoms with E-state index in [-0.39, 0.29) is 0 Å². The second-order valence-electron chi connectivity index (χ2n) is 8.08. The van der Waals surface area contributed by atoms with Crippen LogP contribution in [0.3, 0.4) is 0 Å². The minimum atomic E-state index is 0.509. The number of likely N-dealkylation sites (tertiary alicyclic amines) is 1. The fraction of sp³-hybridized carbons (Fsp3) is 0.800. The second-order valence-corrected chi connectivity index (χ2v) is 8.08. The molecule has 1 N–H and O–H groups in total. The van der Waals surface area contributed by atoms with Crippen LogP contribution in [0.4, 0.5) is 11.8 Å². The Kier molecular flexibility index (Phi) is 6.91. The largest absolute Gasteiger partial charge is 0.356 e. The molecule has 3 rings (SSSR count). The number of nitrogens with zero attached hydrogens (tertiary/aromatic N) is 4. The number of anilines is 2. The number of aromatic nitrogens is 2.